The number of hydrogen-bond donors (Lipinski definition) is 9. The topological polar surface area (TPSA) is 295 Å². The van der Waals surface area contributed by atoms with Crippen molar-refractivity contribution in [2.24, 2.45) is 11.7 Å². The first-order valence-electron chi connectivity index (χ1n) is 23.8. The number of aliphatic hydroxyl groups excluding tert-OH is 3. The standard InChI is InChI=1S/C45H84N6O14/c1-5-22-47-38(56)20-27-62-31-45(30-61-26-19-36(46)54,51-40(58)18-12-10-8-6-7-9-11-16-33(2)3)32-63-28-21-39(57)49-24-15-23-48-37(55)17-13-14-25-64-44-41(50-34(4)53)43(60)42(59)35(29-52)65-44/h33,35,41-44,52,59-60H,5-32H2,1-4H3,(H2,46,54)(H,47,56)(H,48,55)(H,49,57)(H,50,53)(H,51,58). The number of hydrogen-bond acceptors (Lipinski definition) is 14. The van der Waals surface area contributed by atoms with Crippen LogP contribution in [-0.4, -0.2) is 159 Å². The van der Waals surface area contributed by atoms with Crippen LogP contribution in [0.4, 0.5) is 0 Å². The molecule has 0 saturated carbocycles. The molecule has 65 heavy (non-hydrogen) atoms. The Labute approximate surface area is 386 Å². The van der Waals surface area contributed by atoms with Crippen molar-refractivity contribution in [1.82, 2.24) is 26.6 Å². The molecule has 6 atom stereocenters. The van der Waals surface area contributed by atoms with Crippen molar-refractivity contribution >= 4 is 35.4 Å². The Kier molecular flexibility index (Phi) is 33.5. The van der Waals surface area contributed by atoms with Crippen molar-refractivity contribution in [1.29, 1.82) is 0 Å². The smallest absolute Gasteiger partial charge is 0.222 e. The summed E-state index contributed by atoms with van der Waals surface area (Å²) < 4.78 is 28.8. The summed E-state index contributed by atoms with van der Waals surface area (Å²) in [5.41, 5.74) is 4.13. The minimum absolute atomic E-state index is 0.0197. The fraction of sp³-hybridized carbons (Fsp3) is 0.867. The lowest BCUT2D eigenvalue weighted by Crippen LogP contribution is -2.64. The maximum atomic E-state index is 13.3. The zero-order valence-electron chi connectivity index (χ0n) is 39.7. The summed E-state index contributed by atoms with van der Waals surface area (Å²) in [5.74, 6) is -1.09. The van der Waals surface area contributed by atoms with Gasteiger partial charge in [-0.1, -0.05) is 65.7 Å². The molecule has 0 aromatic rings. The fourth-order valence-electron chi connectivity index (χ4n) is 6.89. The second-order valence-corrected chi connectivity index (χ2v) is 17.3. The molecule has 0 bridgehead atoms. The molecule has 0 radical (unpaired) electrons. The van der Waals surface area contributed by atoms with E-state index in [0.29, 0.717) is 51.7 Å². The number of nitrogens with one attached hydrogen (secondary N) is 5. The number of aliphatic hydroxyl groups is 3. The third-order valence-corrected chi connectivity index (χ3v) is 10.6. The van der Waals surface area contributed by atoms with Crippen molar-refractivity contribution < 1.29 is 67.8 Å². The minimum atomic E-state index is -1.41. The second kappa shape index (κ2) is 36.6. The van der Waals surface area contributed by atoms with Crippen LogP contribution in [0.1, 0.15) is 137 Å². The van der Waals surface area contributed by atoms with Crippen LogP contribution in [-0.2, 0) is 52.5 Å². The van der Waals surface area contributed by atoms with Gasteiger partial charge in [0.25, 0.3) is 0 Å². The maximum absolute atomic E-state index is 13.3. The van der Waals surface area contributed by atoms with Crippen LogP contribution in [0.25, 0.3) is 0 Å². The van der Waals surface area contributed by atoms with Crippen molar-refractivity contribution in [2.45, 2.75) is 173 Å². The lowest BCUT2D eigenvalue weighted by Gasteiger charge is -2.42. The zero-order chi connectivity index (χ0) is 48.3. The van der Waals surface area contributed by atoms with Gasteiger partial charge in [-0.05, 0) is 38.0 Å². The summed E-state index contributed by atoms with van der Waals surface area (Å²) in [6, 6.07) is -1.04. The monoisotopic (exact) mass is 933 g/mol. The number of ether oxygens (including phenoxy) is 5. The highest BCUT2D eigenvalue weighted by Crippen LogP contribution is 2.23. The third-order valence-electron chi connectivity index (χ3n) is 10.6. The summed E-state index contributed by atoms with van der Waals surface area (Å²) in [6.07, 6.45) is 6.55. The Morgan fingerprint density at radius 2 is 1.15 bits per heavy atom. The number of primary amides is 1. The Hall–Kier alpha value is -3.50. The molecular formula is C45H84N6O14. The molecule has 0 spiro atoms. The van der Waals surface area contributed by atoms with E-state index in [2.05, 4.69) is 40.4 Å². The van der Waals surface area contributed by atoms with Gasteiger partial charge in [-0.25, -0.2) is 0 Å². The summed E-state index contributed by atoms with van der Waals surface area (Å²) in [4.78, 5) is 73.5. The molecule has 378 valence electrons. The van der Waals surface area contributed by atoms with Gasteiger partial charge in [0.2, 0.25) is 35.4 Å². The van der Waals surface area contributed by atoms with E-state index in [1.165, 1.54) is 32.6 Å². The van der Waals surface area contributed by atoms with E-state index < -0.39 is 54.6 Å². The van der Waals surface area contributed by atoms with Gasteiger partial charge in [-0.3, -0.25) is 28.8 Å². The van der Waals surface area contributed by atoms with Crippen LogP contribution >= 0.6 is 0 Å². The van der Waals surface area contributed by atoms with Gasteiger partial charge in [-0.2, -0.15) is 0 Å². The average Bonchev–Trinajstić information content (AvgIpc) is 3.25. The lowest BCUT2D eigenvalue weighted by atomic mass is 9.97. The van der Waals surface area contributed by atoms with E-state index in [1.807, 2.05) is 6.92 Å². The third kappa shape index (κ3) is 29.7. The predicted molar refractivity (Wildman–Crippen MR) is 242 cm³/mol. The van der Waals surface area contributed by atoms with Gasteiger partial charge >= 0.3 is 0 Å². The molecule has 6 unspecified atom stereocenters. The van der Waals surface area contributed by atoms with E-state index in [1.54, 1.807) is 0 Å². The number of amides is 6. The second-order valence-electron chi connectivity index (χ2n) is 17.3. The van der Waals surface area contributed by atoms with Crippen LogP contribution in [0, 0.1) is 5.92 Å². The zero-order valence-corrected chi connectivity index (χ0v) is 39.7. The molecule has 0 aromatic carbocycles. The Morgan fingerprint density at radius 1 is 0.646 bits per heavy atom. The fourth-order valence-corrected chi connectivity index (χ4v) is 6.89. The first-order chi connectivity index (χ1) is 31.1. The number of nitrogens with two attached hydrogens (primary N) is 1. The van der Waals surface area contributed by atoms with Crippen LogP contribution in [0.2, 0.25) is 0 Å². The molecule has 6 amide bonds. The van der Waals surface area contributed by atoms with E-state index in [-0.39, 0.29) is 95.6 Å². The summed E-state index contributed by atoms with van der Waals surface area (Å²) >= 11 is 0. The average molecular weight is 933 g/mol. The van der Waals surface area contributed by atoms with Gasteiger partial charge < -0.3 is 71.3 Å². The van der Waals surface area contributed by atoms with Gasteiger partial charge in [-0.15, -0.1) is 0 Å². The number of unbranched alkanes of at least 4 members (excludes halogenated alkanes) is 7. The highest BCUT2D eigenvalue weighted by atomic mass is 16.7. The lowest BCUT2D eigenvalue weighted by molar-refractivity contribution is -0.270. The molecule has 10 N–H and O–H groups in total. The van der Waals surface area contributed by atoms with Gasteiger partial charge in [0.05, 0.1) is 46.2 Å². The first-order valence-corrected chi connectivity index (χ1v) is 23.8. The summed E-state index contributed by atoms with van der Waals surface area (Å²) in [5, 5.41) is 43.9. The number of rotatable bonds is 40. The summed E-state index contributed by atoms with van der Waals surface area (Å²) in [7, 11) is 0. The maximum Gasteiger partial charge on any atom is 0.222 e. The predicted octanol–water partition coefficient (Wildman–Crippen LogP) is 0.993. The molecule has 1 aliphatic rings. The molecule has 1 saturated heterocycles. The van der Waals surface area contributed by atoms with Crippen LogP contribution in [0.15, 0.2) is 0 Å². The van der Waals surface area contributed by atoms with Crippen LogP contribution in [0.5, 0.6) is 0 Å². The van der Waals surface area contributed by atoms with E-state index in [9.17, 15) is 44.1 Å². The molecular weight excluding hydrogens is 849 g/mol. The molecule has 20 heteroatoms. The Bertz CT molecular complexity index is 1350. The van der Waals surface area contributed by atoms with Crippen molar-refractivity contribution in [2.75, 3.05) is 72.5 Å². The van der Waals surface area contributed by atoms with Crippen molar-refractivity contribution in [3.63, 3.8) is 0 Å². The highest BCUT2D eigenvalue weighted by Gasteiger charge is 2.45. The number of carbonyl (C=O) groups is 6. The first kappa shape index (κ1) is 59.5. The van der Waals surface area contributed by atoms with Gasteiger partial charge in [0.1, 0.15) is 29.9 Å². The Morgan fingerprint density at radius 3 is 1.69 bits per heavy atom. The molecule has 0 aromatic heterocycles. The van der Waals surface area contributed by atoms with Crippen molar-refractivity contribution in [3.05, 3.63) is 0 Å². The SMILES string of the molecule is CCCNC(=O)CCOCC(COCCC(N)=O)(COCCC(=O)NCCCNC(=O)CCCCOC1OC(CO)C(O)C(O)C1NC(C)=O)NC(=O)CCCCCCCCCC(C)C. The van der Waals surface area contributed by atoms with Gasteiger partial charge in [0, 0.05) is 65.3 Å². The molecule has 20 nitrogen and oxygen atoms in total. The number of carbonyl (C=O) groups excluding carboxylic acids is 6. The minimum Gasteiger partial charge on any atom is -0.394 e. The van der Waals surface area contributed by atoms with Crippen LogP contribution in [0.3, 0.4) is 0 Å². The highest BCUT2D eigenvalue weighted by molar-refractivity contribution is 5.77. The van der Waals surface area contributed by atoms with E-state index in [4.69, 9.17) is 29.4 Å². The van der Waals surface area contributed by atoms with E-state index in [0.717, 1.165) is 31.6 Å². The van der Waals surface area contributed by atoms with Crippen LogP contribution < -0.4 is 32.3 Å². The molecule has 0 aliphatic carbocycles. The quantitative estimate of drug-likeness (QED) is 0.0388. The van der Waals surface area contributed by atoms with Crippen molar-refractivity contribution in [3.8, 4) is 0 Å². The normalized spacial score (nSPS) is 19.3. The van der Waals surface area contributed by atoms with Gasteiger partial charge in [0.15, 0.2) is 6.29 Å². The molecule has 1 fully saturated rings. The Balaban J connectivity index is 2.56. The van der Waals surface area contributed by atoms with E-state index >= 15 is 0 Å². The largest absolute Gasteiger partial charge is 0.394 e. The molecule has 1 heterocycles. The summed E-state index contributed by atoms with van der Waals surface area (Å²) in [6.45, 7) is 8.43. The molecule has 1 rings (SSSR count). The molecule has 1 aliphatic heterocycles.